The van der Waals surface area contributed by atoms with E-state index in [2.05, 4.69) is 0 Å². The number of halogens is 1. The van der Waals surface area contributed by atoms with E-state index < -0.39 is 17.7 Å². The van der Waals surface area contributed by atoms with Crippen molar-refractivity contribution in [3.05, 3.63) is 57.6 Å². The Kier molecular flexibility index (Phi) is 8.10. The number of aliphatic hydroxyl groups is 1. The number of rotatable bonds is 9. The van der Waals surface area contributed by atoms with Crippen LogP contribution < -0.4 is 9.47 Å². The summed E-state index contributed by atoms with van der Waals surface area (Å²) in [5.74, 6) is -1.46. The van der Waals surface area contributed by atoms with Crippen LogP contribution in [0.2, 0.25) is 5.02 Å². The normalized spacial score (nSPS) is 17.3. The van der Waals surface area contributed by atoms with Gasteiger partial charge in [0, 0.05) is 6.54 Å². The van der Waals surface area contributed by atoms with Crippen molar-refractivity contribution in [3.63, 3.8) is 0 Å². The Labute approximate surface area is 204 Å². The number of ketones is 1. The molecule has 0 bridgehead atoms. The zero-order valence-electron chi connectivity index (χ0n) is 19.9. The lowest BCUT2D eigenvalue weighted by Gasteiger charge is -2.26. The zero-order valence-corrected chi connectivity index (χ0v) is 20.6. The third-order valence-electron chi connectivity index (χ3n) is 5.79. The number of hydrogen-bond donors (Lipinski definition) is 2. The highest BCUT2D eigenvalue weighted by Crippen LogP contribution is 2.44. The van der Waals surface area contributed by atoms with Gasteiger partial charge in [0.05, 0.1) is 35.9 Å². The SMILES string of the molecule is CCCCCN1C(=O)C(=O)/C(=C(/O)c2cc(C)cc(Cl)c2OC)C1c1ccc(O)c(OCC)c1. The molecule has 1 amide bonds. The number of nitrogens with zero attached hydrogens (tertiary/aromatic N) is 1. The number of aryl methyl sites for hydroxylation is 1. The molecule has 3 rings (SSSR count). The number of aliphatic hydroxyl groups excluding tert-OH is 1. The van der Waals surface area contributed by atoms with Gasteiger partial charge in [0.25, 0.3) is 11.7 Å². The molecule has 0 aromatic heterocycles. The number of amides is 1. The molecule has 1 fully saturated rings. The van der Waals surface area contributed by atoms with Gasteiger partial charge < -0.3 is 24.6 Å². The van der Waals surface area contributed by atoms with Crippen LogP contribution >= 0.6 is 11.6 Å². The van der Waals surface area contributed by atoms with Gasteiger partial charge in [-0.3, -0.25) is 9.59 Å². The molecule has 1 heterocycles. The molecule has 34 heavy (non-hydrogen) atoms. The predicted octanol–water partition coefficient (Wildman–Crippen LogP) is 5.37. The molecule has 182 valence electrons. The molecular formula is C26H30ClNO6. The van der Waals surface area contributed by atoms with Crippen LogP contribution in [0.4, 0.5) is 0 Å². The van der Waals surface area contributed by atoms with Crippen LogP contribution in [-0.4, -0.2) is 47.1 Å². The Hall–Kier alpha value is -3.19. The standard InChI is InChI=1S/C26H30ClNO6/c1-5-7-8-11-28-22(16-9-10-19(29)20(14-16)34-6-2)21(24(31)26(28)32)23(30)17-12-15(3)13-18(27)25(17)33-4/h9-10,12-14,22,29-30H,5-8,11H2,1-4H3/b23-21+. The van der Waals surface area contributed by atoms with Gasteiger partial charge in [0.2, 0.25) is 0 Å². The number of carbonyl (C=O) groups excluding carboxylic acids is 2. The van der Waals surface area contributed by atoms with Gasteiger partial charge in [0.1, 0.15) is 11.5 Å². The molecule has 1 aliphatic rings. The van der Waals surface area contributed by atoms with E-state index in [4.69, 9.17) is 21.1 Å². The topological polar surface area (TPSA) is 96.3 Å². The van der Waals surface area contributed by atoms with Crippen molar-refractivity contribution in [1.82, 2.24) is 4.90 Å². The molecule has 2 N–H and O–H groups in total. The monoisotopic (exact) mass is 487 g/mol. The van der Waals surface area contributed by atoms with Gasteiger partial charge in [-0.05, 0) is 55.7 Å². The number of Topliss-reactive ketones (excluding diaryl/α,β-unsaturated/α-hetero) is 1. The maximum absolute atomic E-state index is 13.2. The van der Waals surface area contributed by atoms with Crippen LogP contribution in [0, 0.1) is 6.92 Å². The number of methoxy groups -OCH3 is 1. The summed E-state index contributed by atoms with van der Waals surface area (Å²) in [4.78, 5) is 27.8. The van der Waals surface area contributed by atoms with Crippen molar-refractivity contribution >= 4 is 29.1 Å². The van der Waals surface area contributed by atoms with E-state index in [0.29, 0.717) is 25.1 Å². The molecule has 2 aromatic rings. The predicted molar refractivity (Wildman–Crippen MR) is 131 cm³/mol. The number of phenols is 1. The van der Waals surface area contributed by atoms with E-state index in [1.165, 1.54) is 18.1 Å². The van der Waals surface area contributed by atoms with Crippen LogP contribution in [0.15, 0.2) is 35.9 Å². The first-order chi connectivity index (χ1) is 16.2. The summed E-state index contributed by atoms with van der Waals surface area (Å²) in [5.41, 5.74) is 1.46. The Balaban J connectivity index is 2.25. The summed E-state index contributed by atoms with van der Waals surface area (Å²) in [5, 5.41) is 21.8. The number of likely N-dealkylation sites (tertiary alicyclic amines) is 1. The summed E-state index contributed by atoms with van der Waals surface area (Å²) in [6.07, 6.45) is 2.54. The average Bonchev–Trinajstić information content (AvgIpc) is 3.05. The first kappa shape index (κ1) is 25.4. The fourth-order valence-corrected chi connectivity index (χ4v) is 4.57. The fourth-order valence-electron chi connectivity index (χ4n) is 4.22. The highest BCUT2D eigenvalue weighted by atomic mass is 35.5. The van der Waals surface area contributed by atoms with Crippen LogP contribution in [0.1, 0.15) is 55.8 Å². The maximum atomic E-state index is 13.2. The molecule has 0 radical (unpaired) electrons. The number of aromatic hydroxyl groups is 1. The average molecular weight is 488 g/mol. The highest BCUT2D eigenvalue weighted by molar-refractivity contribution is 6.46. The second-order valence-corrected chi connectivity index (χ2v) is 8.59. The summed E-state index contributed by atoms with van der Waals surface area (Å²) in [7, 11) is 1.42. The minimum Gasteiger partial charge on any atom is -0.507 e. The largest absolute Gasteiger partial charge is 0.507 e. The van der Waals surface area contributed by atoms with E-state index in [1.54, 1.807) is 38.1 Å². The summed E-state index contributed by atoms with van der Waals surface area (Å²) >= 11 is 6.32. The molecule has 0 aliphatic carbocycles. The molecule has 1 saturated heterocycles. The molecule has 1 atom stereocenters. The molecule has 0 spiro atoms. The van der Waals surface area contributed by atoms with Crippen molar-refractivity contribution in [2.24, 2.45) is 0 Å². The molecule has 1 aliphatic heterocycles. The zero-order chi connectivity index (χ0) is 25.0. The lowest BCUT2D eigenvalue weighted by atomic mass is 9.94. The lowest BCUT2D eigenvalue weighted by molar-refractivity contribution is -0.139. The lowest BCUT2D eigenvalue weighted by Crippen LogP contribution is -2.30. The number of ether oxygens (including phenoxy) is 2. The fraction of sp³-hybridized carbons (Fsp3) is 0.385. The summed E-state index contributed by atoms with van der Waals surface area (Å²) in [6.45, 7) is 6.31. The number of hydrogen-bond acceptors (Lipinski definition) is 6. The first-order valence-electron chi connectivity index (χ1n) is 11.3. The summed E-state index contributed by atoms with van der Waals surface area (Å²) < 4.78 is 10.9. The van der Waals surface area contributed by atoms with Gasteiger partial charge in [-0.2, -0.15) is 0 Å². The summed E-state index contributed by atoms with van der Waals surface area (Å²) in [6, 6.07) is 7.15. The van der Waals surface area contributed by atoms with Crippen molar-refractivity contribution < 1.29 is 29.3 Å². The van der Waals surface area contributed by atoms with Gasteiger partial charge in [-0.25, -0.2) is 0 Å². The maximum Gasteiger partial charge on any atom is 0.295 e. The van der Waals surface area contributed by atoms with Crippen molar-refractivity contribution in [1.29, 1.82) is 0 Å². The van der Waals surface area contributed by atoms with Gasteiger partial charge >= 0.3 is 0 Å². The Morgan fingerprint density at radius 3 is 2.53 bits per heavy atom. The first-order valence-corrected chi connectivity index (χ1v) is 11.7. The van der Waals surface area contributed by atoms with E-state index in [0.717, 1.165) is 18.4 Å². The molecule has 1 unspecified atom stereocenters. The minimum atomic E-state index is -0.861. The minimum absolute atomic E-state index is 0.0549. The molecule has 2 aromatic carbocycles. The van der Waals surface area contributed by atoms with E-state index in [9.17, 15) is 19.8 Å². The van der Waals surface area contributed by atoms with Crippen LogP contribution in [0.5, 0.6) is 17.2 Å². The molecule has 8 heteroatoms. The van der Waals surface area contributed by atoms with Crippen molar-refractivity contribution in [2.45, 2.75) is 46.1 Å². The van der Waals surface area contributed by atoms with Crippen molar-refractivity contribution in [2.75, 3.05) is 20.3 Å². The van der Waals surface area contributed by atoms with E-state index >= 15 is 0 Å². The quantitative estimate of drug-likeness (QED) is 0.213. The van der Waals surface area contributed by atoms with E-state index in [-0.39, 0.29) is 39.2 Å². The van der Waals surface area contributed by atoms with Crippen LogP contribution in [0.25, 0.3) is 5.76 Å². The number of unbranched alkanes of at least 4 members (excludes halogenated alkanes) is 2. The Morgan fingerprint density at radius 1 is 1.15 bits per heavy atom. The van der Waals surface area contributed by atoms with Gasteiger partial charge in [-0.1, -0.05) is 37.4 Å². The van der Waals surface area contributed by atoms with Gasteiger partial charge in [-0.15, -0.1) is 0 Å². The van der Waals surface area contributed by atoms with E-state index in [1.807, 2.05) is 6.92 Å². The Bertz CT molecular complexity index is 1130. The smallest absolute Gasteiger partial charge is 0.295 e. The van der Waals surface area contributed by atoms with Crippen LogP contribution in [0.3, 0.4) is 0 Å². The second kappa shape index (κ2) is 10.8. The number of phenolic OH excluding ortho intramolecular Hbond substituents is 1. The molecule has 0 saturated carbocycles. The van der Waals surface area contributed by atoms with Crippen molar-refractivity contribution in [3.8, 4) is 17.2 Å². The molecular weight excluding hydrogens is 458 g/mol. The third-order valence-corrected chi connectivity index (χ3v) is 6.07. The highest BCUT2D eigenvalue weighted by Gasteiger charge is 2.46. The van der Waals surface area contributed by atoms with Crippen LogP contribution in [-0.2, 0) is 9.59 Å². The second-order valence-electron chi connectivity index (χ2n) is 8.19. The number of carbonyl (C=O) groups is 2. The molecule has 7 nitrogen and oxygen atoms in total. The third kappa shape index (κ3) is 4.85. The number of benzene rings is 2. The Morgan fingerprint density at radius 2 is 1.88 bits per heavy atom. The van der Waals surface area contributed by atoms with Gasteiger partial charge in [0.15, 0.2) is 11.5 Å².